The molecule has 0 radical (unpaired) electrons. The lowest BCUT2D eigenvalue weighted by atomic mass is 10.2. The molecule has 0 bridgehead atoms. The van der Waals surface area contributed by atoms with Crippen molar-refractivity contribution in [2.45, 2.75) is 6.54 Å². The fraction of sp³-hybridized carbons (Fsp3) is 0.200. The average Bonchev–Trinajstić information content (AvgIpc) is 2.98. The molecule has 0 spiro atoms. The first-order valence-electron chi connectivity index (χ1n) is 7.07. The van der Waals surface area contributed by atoms with Gasteiger partial charge in [-0.25, -0.2) is 14.6 Å². The number of benzene rings is 1. The van der Waals surface area contributed by atoms with E-state index in [1.54, 1.807) is 16.7 Å². The van der Waals surface area contributed by atoms with Crippen LogP contribution in [-0.4, -0.2) is 36.8 Å². The smallest absolute Gasteiger partial charge is 0.335 e. The Morgan fingerprint density at radius 3 is 2.67 bits per heavy atom. The summed E-state index contributed by atoms with van der Waals surface area (Å²) in [4.78, 5) is 40.6. The number of ether oxygens (including phenoxy) is 1. The molecule has 0 atom stereocenters. The normalized spacial score (nSPS) is 10.9. The van der Waals surface area contributed by atoms with Crippen LogP contribution in [0.4, 0.5) is 0 Å². The minimum absolute atomic E-state index is 0.176. The lowest BCUT2D eigenvalue weighted by molar-refractivity contribution is 0.0697. The van der Waals surface area contributed by atoms with Crippen molar-refractivity contribution in [1.82, 2.24) is 19.1 Å². The number of aromatic nitrogens is 4. The van der Waals surface area contributed by atoms with Crippen molar-refractivity contribution in [3.8, 4) is 5.75 Å². The van der Waals surface area contributed by atoms with Crippen molar-refractivity contribution in [1.29, 1.82) is 0 Å². The fourth-order valence-electron chi connectivity index (χ4n) is 2.31. The Kier molecular flexibility index (Phi) is 3.90. The summed E-state index contributed by atoms with van der Waals surface area (Å²) >= 11 is 0. The van der Waals surface area contributed by atoms with Crippen LogP contribution in [0.25, 0.3) is 11.2 Å². The van der Waals surface area contributed by atoms with Gasteiger partial charge in [-0.05, 0) is 24.3 Å². The molecule has 0 saturated carbocycles. The van der Waals surface area contributed by atoms with Gasteiger partial charge < -0.3 is 14.4 Å². The molecule has 0 saturated heterocycles. The van der Waals surface area contributed by atoms with E-state index in [0.717, 1.165) is 0 Å². The van der Waals surface area contributed by atoms with E-state index in [0.29, 0.717) is 23.5 Å². The molecule has 2 aromatic heterocycles. The molecule has 0 amide bonds. The lowest BCUT2D eigenvalue weighted by Gasteiger charge is -2.08. The number of aromatic amines is 1. The second-order valence-corrected chi connectivity index (χ2v) is 5.11. The van der Waals surface area contributed by atoms with Crippen molar-refractivity contribution >= 4 is 17.1 Å². The number of carbonyl (C=O) groups is 1. The average molecular weight is 330 g/mol. The number of hydrogen-bond acceptors (Lipinski definition) is 5. The number of aromatic carboxylic acids is 1. The van der Waals surface area contributed by atoms with Crippen LogP contribution in [0.1, 0.15) is 10.4 Å². The molecule has 9 nitrogen and oxygen atoms in total. The van der Waals surface area contributed by atoms with Crippen molar-refractivity contribution < 1.29 is 14.6 Å². The Hall–Kier alpha value is -3.36. The minimum atomic E-state index is -1.00. The van der Waals surface area contributed by atoms with Gasteiger partial charge in [0.2, 0.25) is 0 Å². The number of carboxylic acid groups (broad SMARTS) is 1. The number of nitrogens with one attached hydrogen (secondary N) is 1. The zero-order chi connectivity index (χ0) is 17.3. The standard InChI is InChI=1S/C15H14N4O5/c1-18-12-11(13(20)17-15(18)23)19(8-16-12)6-7-24-10-4-2-9(3-5-10)14(21)22/h2-5,8H,6-7H2,1H3,(H,21,22)(H,17,20,23). The van der Waals surface area contributed by atoms with E-state index < -0.39 is 17.2 Å². The molecule has 2 heterocycles. The summed E-state index contributed by atoms with van der Waals surface area (Å²) in [6, 6.07) is 6.02. The maximum Gasteiger partial charge on any atom is 0.335 e. The Labute approximate surface area is 134 Å². The monoisotopic (exact) mass is 330 g/mol. The van der Waals surface area contributed by atoms with Crippen LogP contribution in [0.5, 0.6) is 5.75 Å². The van der Waals surface area contributed by atoms with Crippen LogP contribution < -0.4 is 16.0 Å². The van der Waals surface area contributed by atoms with Crippen molar-refractivity contribution in [2.75, 3.05) is 6.61 Å². The van der Waals surface area contributed by atoms with E-state index in [1.165, 1.54) is 30.1 Å². The summed E-state index contributed by atoms with van der Waals surface area (Å²) in [7, 11) is 1.53. The topological polar surface area (TPSA) is 119 Å². The molecule has 0 fully saturated rings. The number of aryl methyl sites for hydroxylation is 1. The molecular weight excluding hydrogens is 316 g/mol. The van der Waals surface area contributed by atoms with E-state index in [4.69, 9.17) is 9.84 Å². The molecule has 0 unspecified atom stereocenters. The molecular formula is C15H14N4O5. The first-order valence-corrected chi connectivity index (χ1v) is 7.07. The summed E-state index contributed by atoms with van der Waals surface area (Å²) < 4.78 is 8.39. The molecule has 0 aliphatic carbocycles. The van der Waals surface area contributed by atoms with Crippen molar-refractivity contribution in [3.05, 3.63) is 57.0 Å². The van der Waals surface area contributed by atoms with Crippen LogP contribution in [0.15, 0.2) is 40.2 Å². The molecule has 9 heteroatoms. The SMILES string of the molecule is Cn1c(=O)[nH]c(=O)c2c1ncn2CCOc1ccc(C(=O)O)cc1. The molecule has 1 aromatic carbocycles. The molecule has 124 valence electrons. The van der Waals surface area contributed by atoms with Gasteiger partial charge in [0.15, 0.2) is 11.2 Å². The minimum Gasteiger partial charge on any atom is -0.492 e. The number of hydrogen-bond donors (Lipinski definition) is 2. The summed E-state index contributed by atoms with van der Waals surface area (Å²) in [6.45, 7) is 0.596. The summed E-state index contributed by atoms with van der Waals surface area (Å²) in [6.07, 6.45) is 1.47. The van der Waals surface area contributed by atoms with Crippen molar-refractivity contribution in [3.63, 3.8) is 0 Å². The van der Waals surface area contributed by atoms with Gasteiger partial charge >= 0.3 is 11.7 Å². The summed E-state index contributed by atoms with van der Waals surface area (Å²) in [5.74, 6) is -0.484. The molecule has 0 aliphatic rings. The molecule has 3 aromatic rings. The zero-order valence-corrected chi connectivity index (χ0v) is 12.7. The highest BCUT2D eigenvalue weighted by molar-refractivity contribution is 5.87. The second-order valence-electron chi connectivity index (χ2n) is 5.11. The Bertz CT molecular complexity index is 1010. The highest BCUT2D eigenvalue weighted by Crippen LogP contribution is 2.12. The highest BCUT2D eigenvalue weighted by atomic mass is 16.5. The Morgan fingerprint density at radius 1 is 1.29 bits per heavy atom. The molecule has 2 N–H and O–H groups in total. The number of carboxylic acids is 1. The van der Waals surface area contributed by atoms with Gasteiger partial charge in [0.25, 0.3) is 5.56 Å². The van der Waals surface area contributed by atoms with Gasteiger partial charge in [0.05, 0.1) is 18.4 Å². The van der Waals surface area contributed by atoms with Crippen molar-refractivity contribution in [2.24, 2.45) is 7.05 Å². The maximum absolute atomic E-state index is 11.9. The number of nitrogens with zero attached hydrogens (tertiary/aromatic N) is 3. The van der Waals surface area contributed by atoms with E-state index in [9.17, 15) is 14.4 Å². The van der Waals surface area contributed by atoms with Crippen LogP contribution in [0, 0.1) is 0 Å². The van der Waals surface area contributed by atoms with E-state index in [2.05, 4.69) is 9.97 Å². The largest absolute Gasteiger partial charge is 0.492 e. The molecule has 0 aliphatic heterocycles. The van der Waals surface area contributed by atoms with Gasteiger partial charge in [-0.1, -0.05) is 0 Å². The number of imidazole rings is 1. The van der Waals surface area contributed by atoms with Crippen LogP contribution in [-0.2, 0) is 13.6 Å². The fourth-order valence-corrected chi connectivity index (χ4v) is 2.31. The quantitative estimate of drug-likeness (QED) is 0.690. The summed E-state index contributed by atoms with van der Waals surface area (Å²) in [5.41, 5.74) is -0.254. The van der Waals surface area contributed by atoms with E-state index in [-0.39, 0.29) is 12.2 Å². The molecule has 3 rings (SSSR count). The predicted octanol–water partition coefficient (Wildman–Crippen LogP) is 0.200. The maximum atomic E-state index is 11.9. The van der Waals surface area contributed by atoms with E-state index >= 15 is 0 Å². The Morgan fingerprint density at radius 2 is 2.00 bits per heavy atom. The third kappa shape index (κ3) is 2.78. The first-order chi connectivity index (χ1) is 11.5. The van der Waals surface area contributed by atoms with Gasteiger partial charge in [-0.3, -0.25) is 14.3 Å². The van der Waals surface area contributed by atoms with E-state index in [1.807, 2.05) is 0 Å². The van der Waals surface area contributed by atoms with Crippen LogP contribution in [0.3, 0.4) is 0 Å². The van der Waals surface area contributed by atoms with Gasteiger partial charge in [0.1, 0.15) is 12.4 Å². The van der Waals surface area contributed by atoms with Gasteiger partial charge in [-0.15, -0.1) is 0 Å². The third-order valence-electron chi connectivity index (χ3n) is 3.58. The second kappa shape index (κ2) is 6.03. The summed E-state index contributed by atoms with van der Waals surface area (Å²) in [5, 5.41) is 8.84. The number of H-pyrrole nitrogens is 1. The van der Waals surface area contributed by atoms with Crippen LogP contribution in [0.2, 0.25) is 0 Å². The zero-order valence-electron chi connectivity index (χ0n) is 12.7. The number of fused-ring (bicyclic) bond motifs is 1. The van der Waals surface area contributed by atoms with Crippen LogP contribution >= 0.6 is 0 Å². The first kappa shape index (κ1) is 15.5. The highest BCUT2D eigenvalue weighted by Gasteiger charge is 2.11. The molecule has 24 heavy (non-hydrogen) atoms. The predicted molar refractivity (Wildman–Crippen MR) is 84.5 cm³/mol. The third-order valence-corrected chi connectivity index (χ3v) is 3.58. The van der Waals surface area contributed by atoms with Gasteiger partial charge in [0, 0.05) is 7.05 Å². The van der Waals surface area contributed by atoms with Gasteiger partial charge in [-0.2, -0.15) is 0 Å². The Balaban J connectivity index is 1.75. The lowest BCUT2D eigenvalue weighted by Crippen LogP contribution is -2.29. The number of rotatable bonds is 5.